The van der Waals surface area contributed by atoms with Gasteiger partial charge in [0.2, 0.25) is 0 Å². The van der Waals surface area contributed by atoms with Crippen LogP contribution in [0.3, 0.4) is 0 Å². The zero-order valence-electron chi connectivity index (χ0n) is 54.1. The molecular weight excluding hydrogens is 1240 g/mol. The normalized spacial score (nSPS) is 14.8. The summed E-state index contributed by atoms with van der Waals surface area (Å²) in [5, 5.41) is 18.2. The minimum atomic E-state index is -4.20. The van der Waals surface area contributed by atoms with E-state index in [1.54, 1.807) is 81.2 Å². The van der Waals surface area contributed by atoms with Crippen LogP contribution in [-0.2, 0) is 52.7 Å². The molecule has 94 heavy (non-hydrogen) atoms. The Morgan fingerprint density at radius 1 is 0.479 bits per heavy atom. The highest BCUT2D eigenvalue weighted by atomic mass is 32.2. The van der Waals surface area contributed by atoms with Crippen molar-refractivity contribution in [1.29, 1.82) is 0 Å². The van der Waals surface area contributed by atoms with E-state index in [-0.39, 0.29) is 43.2 Å². The maximum absolute atomic E-state index is 14.6. The van der Waals surface area contributed by atoms with Crippen LogP contribution in [0.15, 0.2) is 203 Å². The molecule has 1 saturated carbocycles. The SMILES string of the molecule is Cc1cnc2cccc(-n3nc(C)cc3NS(=O)(=O)c3ccc(C(C)(C)CCc4cc(NS(=O)(=O)c5ccc(C(C)(C)CC6CC6c6cc(NS(=O)(=O)c7ccc(C(C)(C)C)cc7)n(-c7cccc8ncccc78)n6)cc5)n(-c5ncc(C)c6ccccc56)n4)cc3)c2c1. The number of pyridine rings is 3. The van der Waals surface area contributed by atoms with E-state index in [1.807, 2.05) is 142 Å². The number of hydrogen-bond acceptors (Lipinski definition) is 12. The van der Waals surface area contributed by atoms with Crippen molar-refractivity contribution in [3.05, 3.63) is 233 Å². The van der Waals surface area contributed by atoms with Gasteiger partial charge in [0.05, 0.1) is 54.2 Å². The van der Waals surface area contributed by atoms with Crippen LogP contribution in [0.25, 0.3) is 49.8 Å². The van der Waals surface area contributed by atoms with Crippen LogP contribution < -0.4 is 14.2 Å². The Hall–Kier alpha value is -9.57. The molecule has 0 aliphatic heterocycles. The average Bonchev–Trinajstić information content (AvgIpc) is 1.59. The highest BCUT2D eigenvalue weighted by Gasteiger charge is 2.44. The Morgan fingerprint density at radius 2 is 1.01 bits per heavy atom. The highest BCUT2D eigenvalue weighted by molar-refractivity contribution is 7.93. The van der Waals surface area contributed by atoms with Crippen molar-refractivity contribution in [2.24, 2.45) is 5.92 Å². The topological polar surface area (TPSA) is 231 Å². The van der Waals surface area contributed by atoms with Gasteiger partial charge in [0.15, 0.2) is 5.82 Å². The van der Waals surface area contributed by atoms with Crippen LogP contribution in [0, 0.1) is 26.7 Å². The summed E-state index contributed by atoms with van der Waals surface area (Å²) < 4.78 is 99.0. The van der Waals surface area contributed by atoms with E-state index in [0.717, 1.165) is 78.9 Å². The molecule has 6 heterocycles. The fourth-order valence-corrected chi connectivity index (χ4v) is 15.7. The monoisotopic (exact) mass is 1310 g/mol. The van der Waals surface area contributed by atoms with Crippen LogP contribution in [0.4, 0.5) is 17.5 Å². The Balaban J connectivity index is 0.716. The Kier molecular flexibility index (Phi) is 16.0. The first-order valence-corrected chi connectivity index (χ1v) is 35.8. The van der Waals surface area contributed by atoms with Crippen molar-refractivity contribution in [3.8, 4) is 17.2 Å². The Morgan fingerprint density at radius 3 is 1.63 bits per heavy atom. The van der Waals surface area contributed by atoms with Crippen molar-refractivity contribution < 1.29 is 25.3 Å². The number of fused-ring (bicyclic) bond motifs is 3. The largest absolute Gasteiger partial charge is 0.263 e. The predicted octanol–water partition coefficient (Wildman–Crippen LogP) is 14.9. The molecule has 18 nitrogen and oxygen atoms in total. The van der Waals surface area contributed by atoms with Gasteiger partial charge in [-0.3, -0.25) is 24.1 Å². The van der Waals surface area contributed by atoms with Gasteiger partial charge in [-0.15, -0.1) is 0 Å². The number of anilines is 3. The van der Waals surface area contributed by atoms with Gasteiger partial charge in [-0.25, -0.2) is 39.6 Å². The summed E-state index contributed by atoms with van der Waals surface area (Å²) in [5.74, 6) is 1.56. The van der Waals surface area contributed by atoms with E-state index in [4.69, 9.17) is 15.2 Å². The van der Waals surface area contributed by atoms with Gasteiger partial charge in [0, 0.05) is 58.9 Å². The lowest BCUT2D eigenvalue weighted by molar-refractivity contribution is 0.441. The smallest absolute Gasteiger partial charge is 0.263 e. The molecule has 480 valence electrons. The van der Waals surface area contributed by atoms with Crippen LogP contribution in [0.2, 0.25) is 0 Å². The summed E-state index contributed by atoms with van der Waals surface area (Å²) >= 11 is 0. The number of aryl methyl sites for hydroxylation is 4. The second-order valence-corrected chi connectivity index (χ2v) is 32.2. The molecule has 2 atom stereocenters. The predicted molar refractivity (Wildman–Crippen MR) is 371 cm³/mol. The molecule has 0 spiro atoms. The van der Waals surface area contributed by atoms with Gasteiger partial charge in [-0.2, -0.15) is 20.0 Å². The first-order valence-electron chi connectivity index (χ1n) is 31.3. The zero-order chi connectivity index (χ0) is 66.3. The first-order chi connectivity index (χ1) is 44.6. The average molecular weight is 1310 g/mol. The minimum absolute atomic E-state index is 0.0485. The number of nitrogens with zero attached hydrogens (tertiary/aromatic N) is 9. The van der Waals surface area contributed by atoms with E-state index in [9.17, 15) is 25.3 Å². The summed E-state index contributed by atoms with van der Waals surface area (Å²) in [6, 6.07) is 51.2. The quantitative estimate of drug-likeness (QED) is 0.0647. The Labute approximate surface area is 548 Å². The fourth-order valence-electron chi connectivity index (χ4n) is 12.6. The molecule has 13 rings (SSSR count). The number of hydrogen-bond donors (Lipinski definition) is 3. The standard InChI is InChI=1S/C73H74N12O6S3/c1-46-38-61-63(75-44-46)20-14-22-66(61)83-67(39-48(3)77-83)80-92(86,87)55-31-25-51(26-32-55)72(7,8)36-35-53-41-68(85(78-53)70-58-17-12-11-16-57(58)47(2)45-76-70)81-93(88,89)56-33-27-52(28-34-56)73(9,10)43-49-40-60(49)64-42-69(82-94(90,91)54-29-23-50(24-30-54)71(4,5)6)84(79-64)65-21-13-19-62-59(65)18-15-37-74-62/h11-34,37-39,41-42,44-45,49,60,80-82H,35-36,40,43H2,1-10H3. The number of nitrogens with one attached hydrogen (secondary N) is 3. The lowest BCUT2D eigenvalue weighted by Crippen LogP contribution is -2.20. The molecule has 12 aromatic rings. The van der Waals surface area contributed by atoms with E-state index in [0.29, 0.717) is 53.1 Å². The first kappa shape index (κ1) is 63.2. The molecule has 2 unspecified atom stereocenters. The lowest BCUT2D eigenvalue weighted by Gasteiger charge is -2.26. The zero-order valence-corrected chi connectivity index (χ0v) is 56.5. The Bertz CT molecular complexity index is 5260. The molecule has 6 aromatic carbocycles. The fraction of sp³-hybridized carbons (Fsp3) is 0.260. The molecule has 6 aromatic heterocycles. The van der Waals surface area contributed by atoms with Crippen LogP contribution in [-0.4, -0.2) is 69.5 Å². The minimum Gasteiger partial charge on any atom is -0.263 e. The van der Waals surface area contributed by atoms with Gasteiger partial charge < -0.3 is 0 Å². The maximum Gasteiger partial charge on any atom is 0.263 e. The highest BCUT2D eigenvalue weighted by Crippen LogP contribution is 2.54. The molecule has 1 fully saturated rings. The van der Waals surface area contributed by atoms with Crippen LogP contribution in [0.1, 0.15) is 119 Å². The van der Waals surface area contributed by atoms with E-state index < -0.39 is 35.5 Å². The van der Waals surface area contributed by atoms with Crippen LogP contribution in [0.5, 0.6) is 0 Å². The maximum atomic E-state index is 14.6. The van der Waals surface area contributed by atoms with E-state index in [2.05, 4.69) is 77.7 Å². The van der Waals surface area contributed by atoms with Gasteiger partial charge >= 0.3 is 0 Å². The molecule has 3 N–H and O–H groups in total. The van der Waals surface area contributed by atoms with Crippen molar-refractivity contribution in [2.45, 2.75) is 132 Å². The number of benzene rings is 6. The summed E-state index contributed by atoms with van der Waals surface area (Å²) in [6.45, 7) is 20.5. The van der Waals surface area contributed by atoms with E-state index >= 15 is 0 Å². The molecule has 21 heteroatoms. The summed E-state index contributed by atoms with van der Waals surface area (Å²) in [4.78, 5) is 14.2. The molecule has 0 amide bonds. The van der Waals surface area contributed by atoms with Crippen molar-refractivity contribution >= 4 is 80.1 Å². The number of rotatable bonds is 20. The third kappa shape index (κ3) is 12.6. The molecular formula is C73H74N12O6S3. The van der Waals surface area contributed by atoms with Gasteiger partial charge in [-0.1, -0.05) is 121 Å². The van der Waals surface area contributed by atoms with Gasteiger partial charge in [0.1, 0.15) is 17.5 Å². The summed E-state index contributed by atoms with van der Waals surface area (Å²) in [7, 11) is -12.3. The molecule has 0 bridgehead atoms. The van der Waals surface area contributed by atoms with Crippen LogP contribution >= 0.6 is 0 Å². The van der Waals surface area contributed by atoms with Crippen molar-refractivity contribution in [3.63, 3.8) is 0 Å². The van der Waals surface area contributed by atoms with Crippen molar-refractivity contribution in [2.75, 3.05) is 14.2 Å². The number of aromatic nitrogens is 9. The number of sulfonamides is 3. The molecule has 1 aliphatic carbocycles. The summed E-state index contributed by atoms with van der Waals surface area (Å²) in [6.07, 6.45) is 7.89. The third-order valence-electron chi connectivity index (χ3n) is 18.1. The third-order valence-corrected chi connectivity index (χ3v) is 22.2. The second-order valence-electron chi connectivity index (χ2n) is 27.1. The molecule has 0 radical (unpaired) electrons. The van der Waals surface area contributed by atoms with Crippen molar-refractivity contribution in [1.82, 2.24) is 44.3 Å². The van der Waals surface area contributed by atoms with Gasteiger partial charge in [0.25, 0.3) is 30.1 Å². The molecule has 0 saturated heterocycles. The second kappa shape index (κ2) is 23.8. The summed E-state index contributed by atoms with van der Waals surface area (Å²) in [5.41, 5.74) is 8.73. The van der Waals surface area contributed by atoms with E-state index in [1.165, 1.54) is 0 Å². The lowest BCUT2D eigenvalue weighted by atomic mass is 9.79. The molecule has 1 aliphatic rings. The van der Waals surface area contributed by atoms with Gasteiger partial charge in [-0.05, 0) is 181 Å².